The van der Waals surface area contributed by atoms with Gasteiger partial charge in [-0.2, -0.15) is 23.4 Å². The third kappa shape index (κ3) is 14.1. The average Bonchev–Trinajstić information content (AvgIpc) is 3.71. The van der Waals surface area contributed by atoms with E-state index in [1.165, 1.54) is 21.4 Å². The Balaban J connectivity index is 1.10. The molecule has 5 amide bonds. The third-order valence-corrected chi connectivity index (χ3v) is 12.8. The van der Waals surface area contributed by atoms with Crippen LogP contribution >= 0.6 is 11.3 Å². The quantitative estimate of drug-likeness (QED) is 0.0295. The lowest BCUT2D eigenvalue weighted by molar-refractivity contribution is -0.164. The van der Waals surface area contributed by atoms with Gasteiger partial charge in [-0.1, -0.05) is 65.8 Å². The third-order valence-electron chi connectivity index (χ3n) is 11.1. The van der Waals surface area contributed by atoms with Crippen molar-refractivity contribution in [2.45, 2.75) is 129 Å². The standard InChI is InChI=1S/C48H60N10O14S2/c1-45(2,3)69-42(62)52-41-50-33(28-73-41)35(54-72-48(20-21-48)40(61)68-37(30-16-12-10-13-17-30)31-18-14-11-15-19-31)38(59)51-36-34(58(39(36)60)74(65,66)67)27-57-49-22-32(53-57)26-56(44(64)71-47(7,8)9)25-29-23-55(24-29)43(63)70-46(4,5)6/h10-19,22,28-29,34,36-37H,20-21,23-27H2,1-9H3,(H,51,59)(H,50,52,62)(H,65,66,67)/b54-35-/t34-,36+/m1/s1. The van der Waals surface area contributed by atoms with Crippen LogP contribution in [0.25, 0.3) is 0 Å². The Morgan fingerprint density at radius 1 is 0.892 bits per heavy atom. The van der Waals surface area contributed by atoms with Crippen LogP contribution in [0.4, 0.5) is 19.5 Å². The summed E-state index contributed by atoms with van der Waals surface area (Å²) in [5, 5.41) is 19.0. The molecule has 4 aromatic rings. The molecule has 24 nitrogen and oxygen atoms in total. The van der Waals surface area contributed by atoms with Crippen LogP contribution in [0.1, 0.15) is 104 Å². The molecule has 2 atom stereocenters. The van der Waals surface area contributed by atoms with Crippen molar-refractivity contribution < 1.29 is 65.5 Å². The predicted octanol–water partition coefficient (Wildman–Crippen LogP) is 5.47. The summed E-state index contributed by atoms with van der Waals surface area (Å²) in [5.74, 6) is -3.27. The maximum absolute atomic E-state index is 14.4. The van der Waals surface area contributed by atoms with Crippen LogP contribution in [0, 0.1) is 5.92 Å². The lowest BCUT2D eigenvalue weighted by Gasteiger charge is -2.43. The summed E-state index contributed by atoms with van der Waals surface area (Å²) in [6.07, 6.45) is -1.23. The first-order valence-electron chi connectivity index (χ1n) is 23.6. The van der Waals surface area contributed by atoms with E-state index in [4.69, 9.17) is 23.8 Å². The first kappa shape index (κ1) is 54.6. The van der Waals surface area contributed by atoms with E-state index in [2.05, 4.69) is 31.0 Å². The first-order chi connectivity index (χ1) is 34.6. The van der Waals surface area contributed by atoms with E-state index in [9.17, 15) is 41.7 Å². The molecular formula is C48H60N10O14S2. The van der Waals surface area contributed by atoms with Gasteiger partial charge in [0, 0.05) is 43.8 Å². The van der Waals surface area contributed by atoms with Crippen molar-refractivity contribution in [2.24, 2.45) is 11.1 Å². The van der Waals surface area contributed by atoms with Crippen LogP contribution in [0.5, 0.6) is 0 Å². The number of hydrogen-bond donors (Lipinski definition) is 3. The van der Waals surface area contributed by atoms with Gasteiger partial charge < -0.3 is 38.9 Å². The Morgan fingerprint density at radius 2 is 1.49 bits per heavy atom. The number of hydrogen-bond acceptors (Lipinski definition) is 18. The fourth-order valence-electron chi connectivity index (χ4n) is 7.62. The predicted molar refractivity (Wildman–Crippen MR) is 264 cm³/mol. The molecule has 2 saturated heterocycles. The number of aromatic nitrogens is 4. The zero-order valence-electron chi connectivity index (χ0n) is 42.3. The molecule has 2 aromatic heterocycles. The minimum atomic E-state index is -5.21. The lowest BCUT2D eigenvalue weighted by atomic mass is 9.98. The van der Waals surface area contributed by atoms with E-state index >= 15 is 0 Å². The van der Waals surface area contributed by atoms with E-state index < -0.39 is 99.2 Å². The highest BCUT2D eigenvalue weighted by Gasteiger charge is 2.57. The van der Waals surface area contributed by atoms with Crippen LogP contribution in [0.3, 0.4) is 0 Å². The van der Waals surface area contributed by atoms with Gasteiger partial charge in [-0.3, -0.25) is 19.5 Å². The fourth-order valence-corrected chi connectivity index (χ4v) is 9.18. The lowest BCUT2D eigenvalue weighted by Crippen LogP contribution is -2.73. The summed E-state index contributed by atoms with van der Waals surface area (Å²) in [7, 11) is -5.21. The zero-order valence-corrected chi connectivity index (χ0v) is 44.0. The van der Waals surface area contributed by atoms with Gasteiger partial charge in [0.1, 0.15) is 40.3 Å². The van der Waals surface area contributed by atoms with Crippen molar-refractivity contribution in [3.8, 4) is 0 Å². The minimum Gasteiger partial charge on any atom is -0.450 e. The summed E-state index contributed by atoms with van der Waals surface area (Å²) >= 11 is 0.883. The van der Waals surface area contributed by atoms with E-state index in [0.29, 0.717) is 24.2 Å². The van der Waals surface area contributed by atoms with E-state index in [1.54, 1.807) is 111 Å². The molecule has 74 heavy (non-hydrogen) atoms. The van der Waals surface area contributed by atoms with E-state index in [1.807, 2.05) is 12.1 Å². The first-order valence-corrected chi connectivity index (χ1v) is 25.8. The van der Waals surface area contributed by atoms with Crippen LogP contribution < -0.4 is 10.6 Å². The zero-order chi connectivity index (χ0) is 54.0. The molecule has 0 radical (unpaired) electrons. The number of β-lactam (4-membered cyclic amide) rings is 1. The average molecular weight is 1070 g/mol. The Labute approximate surface area is 431 Å². The highest BCUT2D eigenvalue weighted by Crippen LogP contribution is 2.43. The van der Waals surface area contributed by atoms with Crippen molar-refractivity contribution in [3.63, 3.8) is 0 Å². The summed E-state index contributed by atoms with van der Waals surface area (Å²) in [6, 6.07) is 14.9. The van der Waals surface area contributed by atoms with E-state index in [-0.39, 0.29) is 52.7 Å². The van der Waals surface area contributed by atoms with Crippen molar-refractivity contribution in [2.75, 3.05) is 25.0 Å². The molecule has 26 heteroatoms. The molecule has 3 N–H and O–H groups in total. The van der Waals surface area contributed by atoms with Gasteiger partial charge in [0.05, 0.1) is 19.3 Å². The number of amides is 5. The summed E-state index contributed by atoms with van der Waals surface area (Å²) < 4.78 is 58.0. The molecule has 3 aliphatic rings. The number of benzene rings is 2. The fraction of sp³-hybridized carbons (Fsp3) is 0.500. The molecule has 0 spiro atoms. The van der Waals surface area contributed by atoms with Crippen LogP contribution in [0.2, 0.25) is 0 Å². The number of carbonyl (C=O) groups excluding carboxylic acids is 6. The number of nitrogens with one attached hydrogen (secondary N) is 2. The molecule has 2 aliphatic heterocycles. The van der Waals surface area contributed by atoms with Gasteiger partial charge >= 0.3 is 34.6 Å². The van der Waals surface area contributed by atoms with Gasteiger partial charge in [0.15, 0.2) is 16.9 Å². The largest absolute Gasteiger partial charge is 0.450 e. The van der Waals surface area contributed by atoms with Crippen LogP contribution in [0.15, 0.2) is 77.4 Å². The number of ether oxygens (including phenoxy) is 4. The van der Waals surface area contributed by atoms with Crippen molar-refractivity contribution in [1.82, 2.24) is 39.4 Å². The number of esters is 1. The van der Waals surface area contributed by atoms with Gasteiger partial charge in [-0.05, 0) is 73.4 Å². The molecule has 3 fully saturated rings. The maximum atomic E-state index is 14.4. The van der Waals surface area contributed by atoms with Gasteiger partial charge in [-0.25, -0.2) is 28.5 Å². The van der Waals surface area contributed by atoms with Crippen molar-refractivity contribution in [1.29, 1.82) is 0 Å². The second-order valence-corrected chi connectivity index (χ2v) is 23.1. The molecule has 2 aromatic carbocycles. The molecule has 1 aliphatic carbocycles. The highest BCUT2D eigenvalue weighted by molar-refractivity contribution is 7.84. The molecule has 0 unspecified atom stereocenters. The number of nitrogens with zero attached hydrogens (tertiary/aromatic N) is 8. The number of rotatable bonds is 17. The summed E-state index contributed by atoms with van der Waals surface area (Å²) in [5.41, 5.74) is -3.24. The van der Waals surface area contributed by atoms with Crippen LogP contribution in [-0.2, 0) is 61.6 Å². The number of carbonyl (C=O) groups is 6. The second kappa shape index (κ2) is 21.3. The number of thiazole rings is 1. The van der Waals surface area contributed by atoms with Gasteiger partial charge in [0.2, 0.25) is 5.60 Å². The molecular weight excluding hydrogens is 1000 g/mol. The van der Waals surface area contributed by atoms with Gasteiger partial charge in [-0.15, -0.1) is 11.3 Å². The van der Waals surface area contributed by atoms with Crippen molar-refractivity contribution >= 4 is 68.5 Å². The summed E-state index contributed by atoms with van der Waals surface area (Å²) in [6.45, 7) is 15.5. The Hall–Kier alpha value is -7.19. The monoisotopic (exact) mass is 1060 g/mol. The number of anilines is 1. The smallest absolute Gasteiger partial charge is 0.413 e. The van der Waals surface area contributed by atoms with Crippen LogP contribution in [-0.4, -0.2) is 143 Å². The Kier molecular flexibility index (Phi) is 15.7. The topological polar surface area (TPSA) is 293 Å². The van der Waals surface area contributed by atoms with E-state index in [0.717, 1.165) is 16.1 Å². The Morgan fingerprint density at radius 3 is 2.04 bits per heavy atom. The molecule has 0 bridgehead atoms. The molecule has 7 rings (SSSR count). The normalized spacial score (nSPS) is 17.9. The number of oxime groups is 1. The molecule has 4 heterocycles. The highest BCUT2D eigenvalue weighted by atomic mass is 32.2. The second-order valence-electron chi connectivity index (χ2n) is 20.9. The van der Waals surface area contributed by atoms with Crippen molar-refractivity contribution in [3.05, 3.63) is 94.8 Å². The summed E-state index contributed by atoms with van der Waals surface area (Å²) in [4.78, 5) is 94.7. The van der Waals surface area contributed by atoms with Gasteiger partial charge in [0.25, 0.3) is 11.8 Å². The SMILES string of the molecule is CC(C)(C)OC(=O)Nc1nc(/C(=N/OC2(C(=O)OC(c3ccccc3)c3ccccc3)CC2)C(=O)N[C@@H]2C(=O)N(S(=O)(=O)O)[C@@H]2Cn2ncc(CN(CC3CN(C(=O)OC(C)(C)C)C3)C(=O)OC(C)(C)C)n2)cs1. The minimum absolute atomic E-state index is 0.0275. The number of likely N-dealkylation sites (tertiary alicyclic amines) is 1. The molecule has 1 saturated carbocycles. The Bertz CT molecular complexity index is 2830. The molecule has 398 valence electrons. The maximum Gasteiger partial charge on any atom is 0.413 e.